The highest BCUT2D eigenvalue weighted by molar-refractivity contribution is 6.02. The van der Waals surface area contributed by atoms with Crippen molar-refractivity contribution in [1.82, 2.24) is 0 Å². The van der Waals surface area contributed by atoms with E-state index in [0.717, 1.165) is 0 Å². The number of benzene rings is 2. The quantitative estimate of drug-likeness (QED) is 0.885. The number of amides is 2. The van der Waals surface area contributed by atoms with E-state index in [2.05, 4.69) is 5.32 Å². The second-order valence-corrected chi connectivity index (χ2v) is 5.03. The van der Waals surface area contributed by atoms with E-state index in [4.69, 9.17) is 4.74 Å². The van der Waals surface area contributed by atoms with E-state index >= 15 is 0 Å². The van der Waals surface area contributed by atoms with Gasteiger partial charge in [0.15, 0.2) is 0 Å². The predicted octanol–water partition coefficient (Wildman–Crippen LogP) is 3.22. The van der Waals surface area contributed by atoms with Crippen molar-refractivity contribution in [2.45, 2.75) is 13.8 Å². The van der Waals surface area contributed by atoms with Crippen molar-refractivity contribution in [1.29, 1.82) is 0 Å². The third-order valence-corrected chi connectivity index (χ3v) is 3.29. The van der Waals surface area contributed by atoms with E-state index < -0.39 is 11.7 Å². The Morgan fingerprint density at radius 2 is 1.79 bits per heavy atom. The van der Waals surface area contributed by atoms with E-state index in [-0.39, 0.29) is 18.1 Å². The summed E-state index contributed by atoms with van der Waals surface area (Å²) in [6.07, 6.45) is 0. The van der Waals surface area contributed by atoms with Crippen molar-refractivity contribution in [3.8, 4) is 5.75 Å². The number of halogens is 1. The zero-order valence-electron chi connectivity index (χ0n) is 13.6. The fraction of sp³-hybridized carbons (Fsp3) is 0.222. The summed E-state index contributed by atoms with van der Waals surface area (Å²) in [5.41, 5.74) is 0.569. The lowest BCUT2D eigenvalue weighted by atomic mass is 10.2. The van der Waals surface area contributed by atoms with E-state index in [0.29, 0.717) is 18.0 Å². The van der Waals surface area contributed by atoms with E-state index in [9.17, 15) is 14.0 Å². The second kappa shape index (κ2) is 8.10. The first kappa shape index (κ1) is 17.5. The van der Waals surface area contributed by atoms with Gasteiger partial charge in [0.2, 0.25) is 11.8 Å². The average molecular weight is 330 g/mol. The minimum atomic E-state index is -0.532. The van der Waals surface area contributed by atoms with Crippen LogP contribution >= 0.6 is 0 Å². The molecule has 5 nitrogen and oxygen atoms in total. The van der Waals surface area contributed by atoms with Crippen molar-refractivity contribution in [3.63, 3.8) is 0 Å². The van der Waals surface area contributed by atoms with Gasteiger partial charge in [0, 0.05) is 6.92 Å². The number of carbonyl (C=O) groups is 2. The summed E-state index contributed by atoms with van der Waals surface area (Å²) in [7, 11) is 0. The number of hydrogen-bond donors (Lipinski definition) is 1. The molecule has 0 aliphatic carbocycles. The Kier molecular flexibility index (Phi) is 5.89. The normalized spacial score (nSPS) is 10.1. The standard InChI is InChI=1S/C18H19FN2O3/c1-3-24-17-11-7-6-10-16(17)21(13(2)22)12-18(23)20-15-9-5-4-8-14(15)19/h4-11H,3,12H2,1-2H3,(H,20,23). The smallest absolute Gasteiger partial charge is 0.244 e. The molecule has 126 valence electrons. The van der Waals surface area contributed by atoms with Gasteiger partial charge in [-0.05, 0) is 31.2 Å². The van der Waals surface area contributed by atoms with Gasteiger partial charge in [0.05, 0.1) is 18.0 Å². The summed E-state index contributed by atoms with van der Waals surface area (Å²) in [6.45, 7) is 3.39. The largest absolute Gasteiger partial charge is 0.492 e. The Morgan fingerprint density at radius 3 is 2.46 bits per heavy atom. The van der Waals surface area contributed by atoms with Crippen LogP contribution in [0, 0.1) is 5.82 Å². The van der Waals surface area contributed by atoms with Gasteiger partial charge in [-0.2, -0.15) is 0 Å². The molecule has 1 N–H and O–H groups in total. The molecule has 24 heavy (non-hydrogen) atoms. The maximum absolute atomic E-state index is 13.6. The lowest BCUT2D eigenvalue weighted by Crippen LogP contribution is -2.37. The second-order valence-electron chi connectivity index (χ2n) is 5.03. The molecule has 0 saturated carbocycles. The molecule has 0 aliphatic rings. The molecule has 0 bridgehead atoms. The summed E-state index contributed by atoms with van der Waals surface area (Å²) in [6, 6.07) is 12.8. The fourth-order valence-corrected chi connectivity index (χ4v) is 2.22. The van der Waals surface area contributed by atoms with Gasteiger partial charge in [0.25, 0.3) is 0 Å². The molecule has 0 atom stereocenters. The summed E-state index contributed by atoms with van der Waals surface area (Å²) < 4.78 is 19.1. The summed E-state index contributed by atoms with van der Waals surface area (Å²) >= 11 is 0. The molecule has 2 aromatic carbocycles. The first-order valence-corrected chi connectivity index (χ1v) is 7.57. The van der Waals surface area contributed by atoms with Crippen molar-refractivity contribution < 1.29 is 18.7 Å². The van der Waals surface area contributed by atoms with Crippen LogP contribution < -0.4 is 15.0 Å². The number of para-hydroxylation sites is 3. The first-order chi connectivity index (χ1) is 11.5. The molecular weight excluding hydrogens is 311 g/mol. The molecule has 0 heterocycles. The lowest BCUT2D eigenvalue weighted by molar-refractivity contribution is -0.120. The van der Waals surface area contributed by atoms with Crippen LogP contribution in [0.25, 0.3) is 0 Å². The molecule has 0 saturated heterocycles. The highest BCUT2D eigenvalue weighted by Gasteiger charge is 2.19. The van der Waals surface area contributed by atoms with Crippen molar-refractivity contribution in [3.05, 3.63) is 54.3 Å². The summed E-state index contributed by atoms with van der Waals surface area (Å²) in [5, 5.41) is 2.47. The molecule has 0 fully saturated rings. The first-order valence-electron chi connectivity index (χ1n) is 7.57. The summed E-state index contributed by atoms with van der Waals surface area (Å²) in [4.78, 5) is 25.5. The number of nitrogens with zero attached hydrogens (tertiary/aromatic N) is 1. The minimum Gasteiger partial charge on any atom is -0.492 e. The van der Waals surface area contributed by atoms with Crippen LogP contribution in [0.5, 0.6) is 5.75 Å². The van der Waals surface area contributed by atoms with E-state index in [1.807, 2.05) is 6.92 Å². The molecule has 0 radical (unpaired) electrons. The Labute approximate surface area is 140 Å². The Morgan fingerprint density at radius 1 is 1.12 bits per heavy atom. The number of nitrogens with one attached hydrogen (secondary N) is 1. The zero-order chi connectivity index (χ0) is 17.5. The van der Waals surface area contributed by atoms with Gasteiger partial charge >= 0.3 is 0 Å². The van der Waals surface area contributed by atoms with Gasteiger partial charge in [-0.3, -0.25) is 14.5 Å². The number of carbonyl (C=O) groups excluding carboxylic acids is 2. The van der Waals surface area contributed by atoms with Crippen molar-refractivity contribution in [2.24, 2.45) is 0 Å². The number of anilines is 2. The average Bonchev–Trinajstić information content (AvgIpc) is 2.56. The summed E-state index contributed by atoms with van der Waals surface area (Å²) in [5.74, 6) is -0.837. The molecular formula is C18H19FN2O3. The third kappa shape index (κ3) is 4.32. The van der Waals surface area contributed by atoms with Crippen LogP contribution in [0.1, 0.15) is 13.8 Å². The monoisotopic (exact) mass is 330 g/mol. The van der Waals surface area contributed by atoms with Gasteiger partial charge < -0.3 is 10.1 Å². The lowest BCUT2D eigenvalue weighted by Gasteiger charge is -2.23. The van der Waals surface area contributed by atoms with Crippen LogP contribution in [0.15, 0.2) is 48.5 Å². The maximum Gasteiger partial charge on any atom is 0.244 e. The van der Waals surface area contributed by atoms with Crippen LogP contribution in [-0.2, 0) is 9.59 Å². The highest BCUT2D eigenvalue weighted by atomic mass is 19.1. The van der Waals surface area contributed by atoms with Gasteiger partial charge in [-0.1, -0.05) is 24.3 Å². The molecule has 2 aromatic rings. The Balaban J connectivity index is 2.19. The fourth-order valence-electron chi connectivity index (χ4n) is 2.22. The van der Waals surface area contributed by atoms with Gasteiger partial charge in [-0.15, -0.1) is 0 Å². The number of hydrogen-bond acceptors (Lipinski definition) is 3. The molecule has 2 rings (SSSR count). The van der Waals surface area contributed by atoms with Gasteiger partial charge in [-0.25, -0.2) is 4.39 Å². The van der Waals surface area contributed by atoms with Crippen molar-refractivity contribution in [2.75, 3.05) is 23.4 Å². The van der Waals surface area contributed by atoms with Gasteiger partial charge in [0.1, 0.15) is 18.1 Å². The van der Waals surface area contributed by atoms with Crippen LogP contribution in [0.2, 0.25) is 0 Å². The zero-order valence-corrected chi connectivity index (χ0v) is 13.6. The van der Waals surface area contributed by atoms with Crippen LogP contribution in [0.3, 0.4) is 0 Å². The molecule has 0 spiro atoms. The van der Waals surface area contributed by atoms with E-state index in [1.54, 1.807) is 30.3 Å². The number of rotatable bonds is 6. The third-order valence-electron chi connectivity index (χ3n) is 3.29. The minimum absolute atomic E-state index is 0.0732. The van der Waals surface area contributed by atoms with Crippen LogP contribution in [0.4, 0.5) is 15.8 Å². The highest BCUT2D eigenvalue weighted by Crippen LogP contribution is 2.28. The molecule has 0 aliphatic heterocycles. The Hall–Kier alpha value is -2.89. The molecule has 6 heteroatoms. The molecule has 0 aromatic heterocycles. The van der Waals surface area contributed by atoms with E-state index in [1.165, 1.54) is 30.0 Å². The van der Waals surface area contributed by atoms with Crippen LogP contribution in [-0.4, -0.2) is 25.0 Å². The maximum atomic E-state index is 13.6. The van der Waals surface area contributed by atoms with Crippen molar-refractivity contribution >= 4 is 23.2 Å². The topological polar surface area (TPSA) is 58.6 Å². The molecule has 0 unspecified atom stereocenters. The molecule has 2 amide bonds. The SMILES string of the molecule is CCOc1ccccc1N(CC(=O)Nc1ccccc1F)C(C)=O. The Bertz CT molecular complexity index is 734. The predicted molar refractivity (Wildman–Crippen MR) is 90.7 cm³/mol. The number of ether oxygens (including phenoxy) is 1.